The Labute approximate surface area is 145 Å². The molecule has 0 saturated heterocycles. The molecule has 0 aliphatic heterocycles. The molecule has 6 heteroatoms. The van der Waals surface area contributed by atoms with Crippen LogP contribution >= 0.6 is 47.8 Å². The van der Waals surface area contributed by atoms with Crippen molar-refractivity contribution in [3.8, 4) is 0 Å². The topological polar surface area (TPSA) is 55.1 Å². The number of benzene rings is 1. The number of nitrogens with one attached hydrogen (secondary N) is 1. The number of nitrogens with two attached hydrogens (primary N) is 1. The molecule has 3 nitrogen and oxygen atoms in total. The molecule has 0 aliphatic carbocycles. The first-order valence-corrected chi connectivity index (χ1v) is 8.90. The maximum atomic E-state index is 12.2. The van der Waals surface area contributed by atoms with Gasteiger partial charge in [0.15, 0.2) is 0 Å². The zero-order valence-electron chi connectivity index (χ0n) is 11.6. The molecule has 0 fully saturated rings. The second-order valence-corrected chi connectivity index (χ2v) is 7.67. The lowest BCUT2D eigenvalue weighted by Crippen LogP contribution is -2.22. The van der Waals surface area contributed by atoms with Crippen LogP contribution in [0.5, 0.6) is 0 Å². The van der Waals surface area contributed by atoms with Crippen molar-refractivity contribution in [1.29, 1.82) is 0 Å². The third kappa shape index (κ3) is 5.84. The van der Waals surface area contributed by atoms with Gasteiger partial charge in [0.05, 0.1) is 5.69 Å². The average Bonchev–Trinajstić information content (AvgIpc) is 2.32. The summed E-state index contributed by atoms with van der Waals surface area (Å²) in [5.41, 5.74) is 6.48. The van der Waals surface area contributed by atoms with Crippen LogP contribution < -0.4 is 11.1 Å². The summed E-state index contributed by atoms with van der Waals surface area (Å²) in [6, 6.07) is 4.00. The van der Waals surface area contributed by atoms with Crippen molar-refractivity contribution >= 4 is 59.4 Å². The van der Waals surface area contributed by atoms with Crippen molar-refractivity contribution < 1.29 is 4.79 Å². The maximum Gasteiger partial charge on any atom is 0.227 e. The summed E-state index contributed by atoms with van der Waals surface area (Å²) >= 11 is 10.3. The first kappa shape index (κ1) is 18.1. The minimum absolute atomic E-state index is 0.0263. The Hall–Kier alpha value is 0.0900. The summed E-state index contributed by atoms with van der Waals surface area (Å²) in [5.74, 6) is -0.00501. The van der Waals surface area contributed by atoms with E-state index in [0.29, 0.717) is 0 Å². The van der Waals surface area contributed by atoms with Gasteiger partial charge >= 0.3 is 0 Å². The number of hydrogen-bond acceptors (Lipinski definition) is 2. The van der Waals surface area contributed by atoms with Gasteiger partial charge in [-0.1, -0.05) is 29.3 Å². The Balaban J connectivity index is 2.62. The van der Waals surface area contributed by atoms with Gasteiger partial charge in [-0.2, -0.15) is 0 Å². The van der Waals surface area contributed by atoms with E-state index < -0.39 is 0 Å². The van der Waals surface area contributed by atoms with Gasteiger partial charge < -0.3 is 11.1 Å². The van der Waals surface area contributed by atoms with Crippen LogP contribution in [-0.4, -0.2) is 11.9 Å². The second-order valence-electron chi connectivity index (χ2n) is 5.04. The molecule has 0 spiro atoms. The Morgan fingerprint density at radius 1 is 1.20 bits per heavy atom. The molecule has 0 heterocycles. The quantitative estimate of drug-likeness (QED) is 0.610. The number of amides is 1. The fourth-order valence-corrected chi connectivity index (χ4v) is 4.24. The SMILES string of the molecule is CC(N)CCCC(C)C(=O)Nc1c(Br)cc(Br)cc1Br. The van der Waals surface area contributed by atoms with Crippen LogP contribution in [0.15, 0.2) is 25.6 Å². The smallest absolute Gasteiger partial charge is 0.227 e. The molecule has 2 atom stereocenters. The maximum absolute atomic E-state index is 12.2. The molecule has 1 rings (SSSR count). The zero-order chi connectivity index (χ0) is 15.3. The number of carbonyl (C=O) groups is 1. The van der Waals surface area contributed by atoms with Gasteiger partial charge in [-0.25, -0.2) is 0 Å². The highest BCUT2D eigenvalue weighted by molar-refractivity contribution is 9.11. The van der Waals surface area contributed by atoms with Gasteiger partial charge in [-0.05, 0) is 63.8 Å². The van der Waals surface area contributed by atoms with Gasteiger partial charge in [-0.15, -0.1) is 0 Å². The molecule has 2 unspecified atom stereocenters. The van der Waals surface area contributed by atoms with Crippen molar-refractivity contribution in [3.63, 3.8) is 0 Å². The van der Waals surface area contributed by atoms with Crippen molar-refractivity contribution in [1.82, 2.24) is 0 Å². The fourth-order valence-electron chi connectivity index (χ4n) is 1.79. The van der Waals surface area contributed by atoms with E-state index in [2.05, 4.69) is 53.1 Å². The molecule has 0 aliphatic rings. The standard InChI is InChI=1S/C14H19Br3N2O/c1-8(4-3-5-9(2)18)14(20)19-13-11(16)6-10(15)7-12(13)17/h6-9H,3-5,18H2,1-2H3,(H,19,20). The molecule has 1 aromatic rings. The third-order valence-corrected chi connectivity index (χ3v) is 4.71. The average molecular weight is 471 g/mol. The van der Waals surface area contributed by atoms with Crippen LogP contribution in [0, 0.1) is 5.92 Å². The Morgan fingerprint density at radius 2 is 1.75 bits per heavy atom. The molecule has 20 heavy (non-hydrogen) atoms. The predicted molar refractivity (Wildman–Crippen MR) is 94.8 cm³/mol. The molecule has 0 bridgehead atoms. The number of hydrogen-bond donors (Lipinski definition) is 2. The first-order valence-electron chi connectivity index (χ1n) is 6.52. The second kappa shape index (κ2) is 8.51. The van der Waals surface area contributed by atoms with Crippen LogP contribution in [-0.2, 0) is 4.79 Å². The molecule has 0 radical (unpaired) electrons. The number of rotatable bonds is 6. The predicted octanol–water partition coefficient (Wildman–Crippen LogP) is 5.07. The number of anilines is 1. The molecule has 1 aromatic carbocycles. The Kier molecular flexibility index (Phi) is 7.72. The summed E-state index contributed by atoms with van der Waals surface area (Å²) in [6.45, 7) is 3.93. The van der Waals surface area contributed by atoms with E-state index in [4.69, 9.17) is 5.73 Å². The van der Waals surface area contributed by atoms with E-state index in [0.717, 1.165) is 38.4 Å². The van der Waals surface area contributed by atoms with E-state index in [1.807, 2.05) is 26.0 Å². The van der Waals surface area contributed by atoms with Crippen molar-refractivity contribution in [2.45, 2.75) is 39.2 Å². The van der Waals surface area contributed by atoms with Gasteiger partial charge in [0.2, 0.25) is 5.91 Å². The van der Waals surface area contributed by atoms with Crippen molar-refractivity contribution in [2.24, 2.45) is 11.7 Å². The molecule has 0 aromatic heterocycles. The zero-order valence-corrected chi connectivity index (χ0v) is 16.3. The lowest BCUT2D eigenvalue weighted by molar-refractivity contribution is -0.119. The van der Waals surface area contributed by atoms with Crippen LogP contribution in [0.1, 0.15) is 33.1 Å². The van der Waals surface area contributed by atoms with Gasteiger partial charge in [0.25, 0.3) is 0 Å². The summed E-state index contributed by atoms with van der Waals surface area (Å²) in [4.78, 5) is 12.2. The van der Waals surface area contributed by atoms with E-state index in [9.17, 15) is 4.79 Å². The molecule has 0 saturated carbocycles. The van der Waals surface area contributed by atoms with Crippen molar-refractivity contribution in [2.75, 3.05) is 5.32 Å². The summed E-state index contributed by atoms with van der Waals surface area (Å²) in [6.07, 6.45) is 2.76. The molecular weight excluding hydrogens is 452 g/mol. The van der Waals surface area contributed by atoms with Crippen LogP contribution in [0.2, 0.25) is 0 Å². The summed E-state index contributed by atoms with van der Waals surface area (Å²) < 4.78 is 2.63. The molecule has 1 amide bonds. The third-order valence-electron chi connectivity index (χ3n) is 3.00. The summed E-state index contributed by atoms with van der Waals surface area (Å²) in [7, 11) is 0. The van der Waals surface area contributed by atoms with Crippen LogP contribution in [0.25, 0.3) is 0 Å². The molecule has 3 N–H and O–H groups in total. The minimum atomic E-state index is -0.0313. The minimum Gasteiger partial charge on any atom is -0.328 e. The lowest BCUT2D eigenvalue weighted by atomic mass is 10.0. The van der Waals surface area contributed by atoms with E-state index in [-0.39, 0.29) is 17.9 Å². The molecular formula is C14H19Br3N2O. The Bertz CT molecular complexity index is 454. The monoisotopic (exact) mass is 468 g/mol. The highest BCUT2D eigenvalue weighted by Crippen LogP contribution is 2.34. The lowest BCUT2D eigenvalue weighted by Gasteiger charge is -2.15. The Morgan fingerprint density at radius 3 is 2.25 bits per heavy atom. The number of carbonyl (C=O) groups excluding carboxylic acids is 1. The van der Waals surface area contributed by atoms with Crippen molar-refractivity contribution in [3.05, 3.63) is 25.6 Å². The van der Waals surface area contributed by atoms with Gasteiger partial charge in [0.1, 0.15) is 0 Å². The largest absolute Gasteiger partial charge is 0.328 e. The van der Waals surface area contributed by atoms with Crippen LogP contribution in [0.3, 0.4) is 0 Å². The molecule has 112 valence electrons. The first-order chi connectivity index (χ1) is 9.31. The van der Waals surface area contributed by atoms with E-state index in [1.165, 1.54) is 0 Å². The van der Waals surface area contributed by atoms with Crippen LogP contribution in [0.4, 0.5) is 5.69 Å². The van der Waals surface area contributed by atoms with Gasteiger partial charge in [0, 0.05) is 25.4 Å². The highest BCUT2D eigenvalue weighted by atomic mass is 79.9. The van der Waals surface area contributed by atoms with Gasteiger partial charge in [-0.3, -0.25) is 4.79 Å². The number of halogens is 3. The van der Waals surface area contributed by atoms with E-state index in [1.54, 1.807) is 0 Å². The summed E-state index contributed by atoms with van der Waals surface area (Å²) in [5, 5.41) is 2.96. The normalized spacial score (nSPS) is 13.9. The highest BCUT2D eigenvalue weighted by Gasteiger charge is 2.16. The fraction of sp³-hybridized carbons (Fsp3) is 0.500. The van der Waals surface area contributed by atoms with E-state index >= 15 is 0 Å².